The molecule has 1 rings (SSSR count). The standard InChI is InChI=1S/C10H14ClF3N4O2/c1-2-3-4-5-6-7(18(19)20)8(11)16-9(17(6)15)10(12,13)14/h6H,2-5,15H2,1H3. The molecule has 1 unspecified atom stereocenters. The molecular weight excluding hydrogens is 301 g/mol. The zero-order valence-electron chi connectivity index (χ0n) is 10.7. The molecule has 0 bridgehead atoms. The van der Waals surface area contributed by atoms with E-state index in [9.17, 15) is 23.3 Å². The van der Waals surface area contributed by atoms with Gasteiger partial charge in [-0.05, 0) is 6.42 Å². The van der Waals surface area contributed by atoms with E-state index in [4.69, 9.17) is 17.4 Å². The van der Waals surface area contributed by atoms with Crippen LogP contribution in [0.2, 0.25) is 0 Å². The third-order valence-corrected chi connectivity index (χ3v) is 3.12. The third-order valence-electron chi connectivity index (χ3n) is 2.84. The predicted molar refractivity (Wildman–Crippen MR) is 67.3 cm³/mol. The lowest BCUT2D eigenvalue weighted by Gasteiger charge is -2.31. The Morgan fingerprint density at radius 1 is 1.50 bits per heavy atom. The van der Waals surface area contributed by atoms with Crippen molar-refractivity contribution in [3.63, 3.8) is 0 Å². The minimum atomic E-state index is -4.82. The summed E-state index contributed by atoms with van der Waals surface area (Å²) in [5.74, 6) is 3.95. The minimum absolute atomic E-state index is 0.103. The van der Waals surface area contributed by atoms with E-state index in [0.717, 1.165) is 12.8 Å². The molecule has 6 nitrogen and oxygen atoms in total. The smallest absolute Gasteiger partial charge is 0.276 e. The highest BCUT2D eigenvalue weighted by Gasteiger charge is 2.48. The van der Waals surface area contributed by atoms with Gasteiger partial charge >= 0.3 is 11.9 Å². The molecule has 1 heterocycles. The second-order valence-corrected chi connectivity index (χ2v) is 4.64. The van der Waals surface area contributed by atoms with E-state index in [-0.39, 0.29) is 6.42 Å². The van der Waals surface area contributed by atoms with Gasteiger partial charge in [0.2, 0.25) is 11.0 Å². The number of hydrazine groups is 1. The largest absolute Gasteiger partial charge is 0.450 e. The molecule has 0 radical (unpaired) electrons. The Hall–Kier alpha value is -1.35. The fraction of sp³-hybridized carbons (Fsp3) is 0.700. The summed E-state index contributed by atoms with van der Waals surface area (Å²) in [6, 6.07) is -1.24. The number of nitrogens with zero attached hydrogens (tertiary/aromatic N) is 3. The number of nitro groups is 1. The van der Waals surface area contributed by atoms with Gasteiger partial charge in [0.15, 0.2) is 0 Å². The van der Waals surface area contributed by atoms with Crippen molar-refractivity contribution in [2.75, 3.05) is 0 Å². The summed E-state index contributed by atoms with van der Waals surface area (Å²) in [5, 5.41) is 10.5. The molecule has 0 saturated carbocycles. The summed E-state index contributed by atoms with van der Waals surface area (Å²) in [4.78, 5) is 13.1. The number of hydrogen-bond donors (Lipinski definition) is 1. The molecule has 0 fully saturated rings. The Bertz CT molecular complexity index is 450. The van der Waals surface area contributed by atoms with Gasteiger partial charge in [0.1, 0.15) is 6.04 Å². The van der Waals surface area contributed by atoms with Gasteiger partial charge in [0.25, 0.3) is 0 Å². The summed E-state index contributed by atoms with van der Waals surface area (Å²) in [6.45, 7) is 1.90. The fourth-order valence-electron chi connectivity index (χ4n) is 1.90. The van der Waals surface area contributed by atoms with Crippen LogP contribution in [0.5, 0.6) is 0 Å². The number of amidine groups is 1. The van der Waals surface area contributed by atoms with Crippen LogP contribution < -0.4 is 5.84 Å². The van der Waals surface area contributed by atoms with E-state index in [2.05, 4.69) is 4.99 Å². The van der Waals surface area contributed by atoms with Gasteiger partial charge in [0.05, 0.1) is 4.92 Å². The third kappa shape index (κ3) is 3.60. The van der Waals surface area contributed by atoms with Crippen LogP contribution in [-0.2, 0) is 0 Å². The van der Waals surface area contributed by atoms with Crippen molar-refractivity contribution in [2.45, 2.75) is 44.8 Å². The summed E-state index contributed by atoms with van der Waals surface area (Å²) in [5.41, 5.74) is -0.599. The summed E-state index contributed by atoms with van der Waals surface area (Å²) in [6.07, 6.45) is -2.66. The number of rotatable bonds is 5. The lowest BCUT2D eigenvalue weighted by atomic mass is 10.0. The first-order valence-corrected chi connectivity index (χ1v) is 6.31. The van der Waals surface area contributed by atoms with Crippen molar-refractivity contribution in [3.05, 3.63) is 21.0 Å². The molecule has 0 saturated heterocycles. The average molecular weight is 315 g/mol. The van der Waals surface area contributed by atoms with E-state index in [1.54, 1.807) is 0 Å². The molecule has 1 aliphatic heterocycles. The maximum atomic E-state index is 12.8. The van der Waals surface area contributed by atoms with Crippen molar-refractivity contribution in [1.82, 2.24) is 5.01 Å². The predicted octanol–water partition coefficient (Wildman–Crippen LogP) is 2.77. The molecule has 0 spiro atoms. The first kappa shape index (κ1) is 16.7. The molecule has 0 aromatic carbocycles. The zero-order valence-corrected chi connectivity index (χ0v) is 11.4. The average Bonchev–Trinajstić information content (AvgIpc) is 2.31. The van der Waals surface area contributed by atoms with E-state index in [1.807, 2.05) is 6.92 Å². The maximum Gasteiger partial charge on any atom is 0.450 e. The van der Waals surface area contributed by atoms with E-state index < -0.39 is 33.8 Å². The van der Waals surface area contributed by atoms with Gasteiger partial charge in [-0.2, -0.15) is 13.2 Å². The summed E-state index contributed by atoms with van der Waals surface area (Å²) >= 11 is 5.52. The molecule has 2 N–H and O–H groups in total. The topological polar surface area (TPSA) is 84.8 Å². The van der Waals surface area contributed by atoms with E-state index in [0.29, 0.717) is 11.4 Å². The molecule has 0 aromatic heterocycles. The fourth-order valence-corrected chi connectivity index (χ4v) is 2.17. The van der Waals surface area contributed by atoms with E-state index >= 15 is 0 Å². The van der Waals surface area contributed by atoms with Crippen LogP contribution in [0, 0.1) is 10.1 Å². The molecule has 1 atom stereocenters. The Morgan fingerprint density at radius 2 is 2.10 bits per heavy atom. The van der Waals surface area contributed by atoms with Gasteiger partial charge in [0, 0.05) is 0 Å². The second-order valence-electron chi connectivity index (χ2n) is 4.29. The molecule has 0 aliphatic carbocycles. The van der Waals surface area contributed by atoms with Crippen molar-refractivity contribution in [2.24, 2.45) is 10.8 Å². The quantitative estimate of drug-likeness (QED) is 0.278. The Kier molecular flexibility index (Phi) is 5.35. The number of halogens is 4. The van der Waals surface area contributed by atoms with Crippen molar-refractivity contribution < 1.29 is 18.1 Å². The molecular formula is C10H14ClF3N4O2. The number of aliphatic imine (C=N–C) groups is 1. The second kappa shape index (κ2) is 6.40. The molecule has 0 amide bonds. The van der Waals surface area contributed by atoms with E-state index in [1.165, 1.54) is 0 Å². The first-order chi connectivity index (χ1) is 9.20. The van der Waals surface area contributed by atoms with Crippen LogP contribution in [0.1, 0.15) is 32.6 Å². The lowest BCUT2D eigenvalue weighted by molar-refractivity contribution is -0.434. The highest BCUT2D eigenvalue weighted by Crippen LogP contribution is 2.32. The van der Waals surface area contributed by atoms with Crippen LogP contribution in [0.4, 0.5) is 13.2 Å². The lowest BCUT2D eigenvalue weighted by Crippen LogP contribution is -2.54. The number of hydrogen-bond acceptors (Lipinski definition) is 5. The maximum absolute atomic E-state index is 12.8. The SMILES string of the molecule is CCCCCC1C([N+](=O)[O-])=C(Cl)N=C(C(F)(F)F)N1N. The van der Waals surface area contributed by atoms with Gasteiger partial charge in [-0.25, -0.2) is 10.8 Å². The Balaban J connectivity index is 3.14. The van der Waals surface area contributed by atoms with Crippen molar-refractivity contribution in [1.29, 1.82) is 0 Å². The van der Waals surface area contributed by atoms with Gasteiger partial charge in [-0.3, -0.25) is 15.1 Å². The molecule has 20 heavy (non-hydrogen) atoms. The highest BCUT2D eigenvalue weighted by molar-refractivity contribution is 6.30. The first-order valence-electron chi connectivity index (χ1n) is 5.94. The van der Waals surface area contributed by atoms with Gasteiger partial charge in [-0.1, -0.05) is 37.8 Å². The molecule has 1 aliphatic rings. The summed E-state index contributed by atoms with van der Waals surface area (Å²) in [7, 11) is 0. The van der Waals surface area contributed by atoms with Crippen LogP contribution in [0.3, 0.4) is 0 Å². The minimum Gasteiger partial charge on any atom is -0.276 e. The van der Waals surface area contributed by atoms with Crippen LogP contribution >= 0.6 is 11.6 Å². The Labute approximate surface area is 118 Å². The van der Waals surface area contributed by atoms with Crippen LogP contribution in [-0.4, -0.2) is 28.0 Å². The normalized spacial score (nSPS) is 20.2. The van der Waals surface area contributed by atoms with Gasteiger partial charge < -0.3 is 0 Å². The van der Waals surface area contributed by atoms with Crippen molar-refractivity contribution in [3.8, 4) is 0 Å². The summed E-state index contributed by atoms with van der Waals surface area (Å²) < 4.78 is 38.3. The van der Waals surface area contributed by atoms with Crippen LogP contribution in [0.15, 0.2) is 15.8 Å². The molecule has 10 heteroatoms. The van der Waals surface area contributed by atoms with Crippen LogP contribution in [0.25, 0.3) is 0 Å². The zero-order chi connectivity index (χ0) is 15.5. The number of nitrogens with two attached hydrogens (primary N) is 1. The van der Waals surface area contributed by atoms with Gasteiger partial charge in [-0.15, -0.1) is 0 Å². The van der Waals surface area contributed by atoms with Crippen molar-refractivity contribution >= 4 is 17.4 Å². The highest BCUT2D eigenvalue weighted by atomic mass is 35.5. The number of alkyl halides is 3. The monoisotopic (exact) mass is 314 g/mol. The number of unbranched alkanes of at least 4 members (excludes halogenated alkanes) is 2. The Morgan fingerprint density at radius 3 is 2.55 bits per heavy atom. The molecule has 0 aromatic rings. The molecule has 114 valence electrons.